The molecule has 9 aromatic heterocycles. The lowest BCUT2D eigenvalue weighted by molar-refractivity contribution is 0.635. The number of hydrogen-bond donors (Lipinski definition) is 0. The van der Waals surface area contributed by atoms with Crippen molar-refractivity contribution in [3.63, 3.8) is 0 Å². The Morgan fingerprint density at radius 1 is 0.230 bits per heavy atom. The van der Waals surface area contributed by atoms with Crippen molar-refractivity contribution in [1.29, 1.82) is 0 Å². The summed E-state index contributed by atoms with van der Waals surface area (Å²) in [4.78, 5) is 36.4. The molecule has 3 aliphatic heterocycles. The quantitative estimate of drug-likeness (QED) is 0.125. The first-order chi connectivity index (χ1) is 60.5. The average molecular weight is 1570 g/mol. The first-order valence-electron chi connectivity index (χ1n) is 40.7. The Kier molecular flexibility index (Phi) is 16.5. The molecule has 0 spiro atoms. The van der Waals surface area contributed by atoms with Crippen LogP contribution in [-0.4, -0.2) is 50.0 Å². The third kappa shape index (κ3) is 11.5. The van der Waals surface area contributed by atoms with E-state index in [2.05, 4.69) is 196 Å². The molecule has 26 rings (SSSR count). The van der Waals surface area contributed by atoms with Crippen molar-refractivity contribution in [1.82, 2.24) is 29.9 Å². The zero-order valence-corrected chi connectivity index (χ0v) is 65.2. The molecular formula is C104H64B3N9O6. The number of rotatable bonds is 9. The third-order valence-corrected chi connectivity index (χ3v) is 23.5. The molecular weight excluding hydrogens is 1500 g/mol. The minimum Gasteiger partial charge on any atom is -0.468 e. The largest absolute Gasteiger partial charge is 0.468 e. The number of nitrogens with zero attached hydrogens (tertiary/aromatic N) is 9. The molecule has 0 saturated carbocycles. The third-order valence-electron chi connectivity index (χ3n) is 23.5. The van der Waals surface area contributed by atoms with E-state index >= 15 is 0 Å². The Labute approximate surface area is 699 Å². The monoisotopic (exact) mass is 1570 g/mol. The predicted octanol–water partition coefficient (Wildman–Crippen LogP) is 20.1. The minimum absolute atomic E-state index is 0.200. The van der Waals surface area contributed by atoms with Gasteiger partial charge in [-0.25, -0.2) is 24.9 Å². The van der Waals surface area contributed by atoms with Crippen LogP contribution in [0.1, 0.15) is 0 Å². The van der Waals surface area contributed by atoms with Crippen LogP contribution in [0, 0.1) is 0 Å². The predicted molar refractivity (Wildman–Crippen MR) is 493 cm³/mol. The summed E-state index contributed by atoms with van der Waals surface area (Å²) in [5.41, 5.74) is 27.4. The van der Waals surface area contributed by atoms with Crippen LogP contribution in [0.3, 0.4) is 0 Å². The van der Waals surface area contributed by atoms with E-state index < -0.39 is 0 Å². The number of anilines is 9. The Morgan fingerprint density at radius 2 is 0.549 bits per heavy atom. The summed E-state index contributed by atoms with van der Waals surface area (Å²) >= 11 is 0. The molecule has 15 nitrogen and oxygen atoms in total. The summed E-state index contributed by atoms with van der Waals surface area (Å²) < 4.78 is 40.0. The highest BCUT2D eigenvalue weighted by Crippen LogP contribution is 2.49. The van der Waals surface area contributed by atoms with E-state index in [0.29, 0.717) is 11.9 Å². The summed E-state index contributed by atoms with van der Waals surface area (Å²) in [6.07, 6.45) is 5.51. The van der Waals surface area contributed by atoms with Crippen LogP contribution in [0.2, 0.25) is 0 Å². The number of fused-ring (bicyclic) bond motifs is 20. The second-order valence-electron chi connectivity index (χ2n) is 30.6. The van der Waals surface area contributed by atoms with E-state index in [4.69, 9.17) is 51.4 Å². The Morgan fingerprint density at radius 3 is 0.975 bits per heavy atom. The maximum Gasteiger partial charge on any atom is 0.338 e. The van der Waals surface area contributed by atoms with Gasteiger partial charge >= 0.3 is 20.1 Å². The smallest absolute Gasteiger partial charge is 0.338 e. The van der Waals surface area contributed by atoms with Crippen molar-refractivity contribution >= 4 is 210 Å². The van der Waals surface area contributed by atoms with Crippen molar-refractivity contribution in [2.75, 3.05) is 14.7 Å². The van der Waals surface area contributed by atoms with Crippen LogP contribution in [0.25, 0.3) is 121 Å². The molecule has 0 fully saturated rings. The maximum absolute atomic E-state index is 6.72. The van der Waals surface area contributed by atoms with Gasteiger partial charge in [-0.15, -0.1) is 0 Å². The van der Waals surface area contributed by atoms with Crippen LogP contribution in [0.5, 0.6) is 0 Å². The van der Waals surface area contributed by atoms with Crippen molar-refractivity contribution in [2.24, 2.45) is 0 Å². The molecule has 570 valence electrons. The molecule has 0 aliphatic carbocycles. The molecule has 3 aliphatic rings. The molecule has 12 heterocycles. The fraction of sp³-hybridized carbons (Fsp3) is 0. The topological polar surface area (TPSA) is 166 Å². The van der Waals surface area contributed by atoms with Crippen molar-refractivity contribution in [3.8, 4) is 33.8 Å². The van der Waals surface area contributed by atoms with E-state index in [9.17, 15) is 0 Å². The van der Waals surface area contributed by atoms with E-state index in [1.165, 1.54) is 0 Å². The van der Waals surface area contributed by atoms with Crippen molar-refractivity contribution in [3.05, 3.63) is 389 Å². The van der Waals surface area contributed by atoms with Crippen molar-refractivity contribution < 1.29 is 26.5 Å². The first kappa shape index (κ1) is 69.9. The normalized spacial score (nSPS) is 12.7. The van der Waals surface area contributed by atoms with E-state index in [1.807, 2.05) is 213 Å². The number of aromatic nitrogens is 6. The van der Waals surface area contributed by atoms with Gasteiger partial charge in [0, 0.05) is 71.7 Å². The van der Waals surface area contributed by atoms with Gasteiger partial charge in [0.05, 0.1) is 74.6 Å². The van der Waals surface area contributed by atoms with E-state index in [1.54, 1.807) is 0 Å². The van der Waals surface area contributed by atoms with Gasteiger partial charge in [-0.1, -0.05) is 289 Å². The number of hydrogen-bond acceptors (Lipinski definition) is 15. The molecule has 14 aromatic carbocycles. The van der Waals surface area contributed by atoms with Gasteiger partial charge in [-0.05, 0) is 97.1 Å². The van der Waals surface area contributed by atoms with Crippen LogP contribution in [-0.2, 0) is 0 Å². The minimum atomic E-state index is -0.235. The van der Waals surface area contributed by atoms with E-state index in [-0.39, 0.29) is 20.1 Å². The van der Waals surface area contributed by atoms with Crippen LogP contribution in [0.15, 0.2) is 415 Å². The fourth-order valence-corrected chi connectivity index (χ4v) is 18.2. The van der Waals surface area contributed by atoms with Crippen molar-refractivity contribution in [2.45, 2.75) is 0 Å². The SMILES string of the molecule is c1ccc(B2c3oc4ccccc4c3N(c3cccc(-c4cncc(-c5ccccc5)n4)c3)c3c2oc2ccccc32)cc1.c1ccc(B2c3oc4ccccc4c3N(c3nc(-c4ccccc4)c4ccccc4n3)c3c2oc2ccccc32)cc1.c1ccc(B2c3oc4ccccc4c3N(c3ncc4ccccc4n3)c3c2oc2ccccc32)cc1. The van der Waals surface area contributed by atoms with Gasteiger partial charge in [0.2, 0.25) is 11.9 Å². The van der Waals surface area contributed by atoms with Gasteiger partial charge in [0.1, 0.15) is 67.5 Å². The molecule has 0 amide bonds. The second-order valence-corrected chi connectivity index (χ2v) is 30.6. The Bertz CT molecular complexity index is 7750. The lowest BCUT2D eigenvalue weighted by Crippen LogP contribution is -2.56. The molecule has 0 radical (unpaired) electrons. The highest BCUT2D eigenvalue weighted by Gasteiger charge is 2.48. The van der Waals surface area contributed by atoms with Crippen LogP contribution in [0.4, 0.5) is 51.7 Å². The molecule has 0 unspecified atom stereocenters. The standard InChI is InChI=1S/C38H24BN3O2.C36H22BN3O2.C30H18BN3O2/c1-3-12-25(13-4-1)31-23-40-24-32(41-31)26-14-11-17-28(22-26)42-35-29-18-7-9-20-33(29)43-37(35)39(27-15-5-2-6-16-27)38-36(42)30-19-8-10-21-34(30)44-38;1-3-13-23(14-4-1)31-25-17-7-10-20-28(25)38-36(39-31)40-32-26-18-8-11-21-29(26)41-34(32)37(24-15-5-2-6-16-24)35-33(40)27-19-9-12-22-30(27)42-35;1-2-11-20(12-3-1)31-28-26(21-13-5-8-16-24(21)35-28)34(27-22-14-6-9-17-25(22)36-29(27)31)30-32-18-19-10-4-7-15-23(19)33-30/h1-24H;1-22H;1-18H. The molecule has 0 atom stereocenters. The lowest BCUT2D eigenvalue weighted by atomic mass is 9.39. The fourth-order valence-electron chi connectivity index (χ4n) is 18.2. The average Bonchev–Trinajstić information content (AvgIpc) is 1.56. The molecule has 23 aromatic rings. The highest BCUT2D eigenvalue weighted by molar-refractivity contribution is 6.98. The lowest BCUT2D eigenvalue weighted by Gasteiger charge is -2.31. The second kappa shape index (κ2) is 28.8. The van der Waals surface area contributed by atoms with Gasteiger partial charge in [0.25, 0.3) is 0 Å². The molecule has 0 N–H and O–H groups in total. The Hall–Kier alpha value is -16.3. The molecule has 122 heavy (non-hydrogen) atoms. The summed E-state index contributed by atoms with van der Waals surface area (Å²) in [6, 6.07) is 126. The summed E-state index contributed by atoms with van der Waals surface area (Å²) in [5.74, 6) is 1.15. The van der Waals surface area contributed by atoms with E-state index in [0.717, 1.165) is 212 Å². The maximum atomic E-state index is 6.72. The van der Waals surface area contributed by atoms with Gasteiger partial charge in [-0.2, -0.15) is 0 Å². The molecule has 18 heteroatoms. The van der Waals surface area contributed by atoms with Crippen LogP contribution < -0.4 is 65.0 Å². The van der Waals surface area contributed by atoms with Gasteiger partial charge in [0.15, 0.2) is 0 Å². The first-order valence-corrected chi connectivity index (χ1v) is 40.7. The van der Waals surface area contributed by atoms with Crippen LogP contribution >= 0.6 is 0 Å². The highest BCUT2D eigenvalue weighted by atomic mass is 16.4. The zero-order chi connectivity index (χ0) is 80.3. The number of furan rings is 6. The van der Waals surface area contributed by atoms with Gasteiger partial charge < -0.3 is 31.4 Å². The number of benzene rings is 14. The summed E-state index contributed by atoms with van der Waals surface area (Å²) in [7, 11) is 0. The number of para-hydroxylation sites is 8. The van der Waals surface area contributed by atoms with Gasteiger partial charge in [-0.3, -0.25) is 14.8 Å². The molecule has 0 bridgehead atoms. The Balaban J connectivity index is 0.000000104. The molecule has 0 saturated heterocycles. The summed E-state index contributed by atoms with van der Waals surface area (Å²) in [5, 5.41) is 8.13. The summed E-state index contributed by atoms with van der Waals surface area (Å²) in [6.45, 7) is -0.636. The zero-order valence-electron chi connectivity index (χ0n) is 65.2.